The Kier molecular flexibility index (Phi) is 5.78. The van der Waals surface area contributed by atoms with E-state index in [0.717, 1.165) is 46.9 Å². The number of nitrogens with zero attached hydrogens (tertiary/aromatic N) is 2. The summed E-state index contributed by atoms with van der Waals surface area (Å²) in [6.07, 6.45) is 8.22. The van der Waals surface area contributed by atoms with Crippen LogP contribution < -0.4 is 5.73 Å². The van der Waals surface area contributed by atoms with Gasteiger partial charge in [0.1, 0.15) is 0 Å². The molecule has 0 radical (unpaired) electrons. The summed E-state index contributed by atoms with van der Waals surface area (Å²) in [6, 6.07) is 21.4. The molecule has 0 amide bonds. The molecule has 3 atom stereocenters. The van der Waals surface area contributed by atoms with Gasteiger partial charge in [0.15, 0.2) is 0 Å². The van der Waals surface area contributed by atoms with Crippen LogP contribution in [0.15, 0.2) is 73.1 Å². The van der Waals surface area contributed by atoms with Crippen molar-refractivity contribution in [2.45, 2.75) is 49.2 Å². The Balaban J connectivity index is 1.58. The SMILES string of the molecule is NCC1(c2cccnc2)C[C@H]2CC[C@@H](C1)N2C(c1ccccc1Cl)c1ccccc1Cl. The van der Waals surface area contributed by atoms with E-state index in [1.54, 1.807) is 0 Å². The third-order valence-electron chi connectivity index (χ3n) is 7.29. The van der Waals surface area contributed by atoms with Gasteiger partial charge in [-0.05, 0) is 60.6 Å². The molecule has 5 heteroatoms. The van der Waals surface area contributed by atoms with Crippen LogP contribution in [-0.2, 0) is 5.41 Å². The fourth-order valence-electron chi connectivity index (χ4n) is 5.88. The Bertz CT molecular complexity index is 996. The van der Waals surface area contributed by atoms with Crippen LogP contribution in [0.2, 0.25) is 10.0 Å². The van der Waals surface area contributed by atoms with Crippen molar-refractivity contribution in [3.05, 3.63) is 99.8 Å². The van der Waals surface area contributed by atoms with Crippen LogP contribution in [0.1, 0.15) is 48.4 Å². The maximum Gasteiger partial charge on any atom is 0.0636 e. The molecule has 2 fully saturated rings. The topological polar surface area (TPSA) is 42.1 Å². The van der Waals surface area contributed by atoms with Crippen molar-refractivity contribution in [3.8, 4) is 0 Å². The molecular formula is C26H27Cl2N3. The first-order valence-corrected chi connectivity index (χ1v) is 11.8. The zero-order valence-corrected chi connectivity index (χ0v) is 18.9. The molecule has 2 saturated heterocycles. The number of piperidine rings is 1. The summed E-state index contributed by atoms with van der Waals surface area (Å²) in [4.78, 5) is 7.07. The van der Waals surface area contributed by atoms with Crippen molar-refractivity contribution in [2.75, 3.05) is 6.54 Å². The van der Waals surface area contributed by atoms with Gasteiger partial charge in [0.2, 0.25) is 0 Å². The lowest BCUT2D eigenvalue weighted by Gasteiger charge is -2.49. The molecule has 2 aromatic carbocycles. The Morgan fingerprint density at radius 1 is 0.903 bits per heavy atom. The Morgan fingerprint density at radius 3 is 1.97 bits per heavy atom. The summed E-state index contributed by atoms with van der Waals surface area (Å²) in [7, 11) is 0. The summed E-state index contributed by atoms with van der Waals surface area (Å²) >= 11 is 13.5. The van der Waals surface area contributed by atoms with Crippen molar-refractivity contribution < 1.29 is 0 Å². The lowest BCUT2D eigenvalue weighted by molar-refractivity contribution is 0.0600. The molecule has 2 bridgehead atoms. The lowest BCUT2D eigenvalue weighted by atomic mass is 9.69. The standard InChI is InChI=1S/C26H27Cl2N3/c27-23-9-3-1-7-21(23)25(22-8-2-4-10-24(22)28)31-19-11-12-20(31)15-26(14-19,17-29)18-6-5-13-30-16-18/h1-10,13,16,19-20,25H,11-12,14-15,17,29H2/t19-,20+,26?. The summed E-state index contributed by atoms with van der Waals surface area (Å²) in [5.74, 6) is 0. The van der Waals surface area contributed by atoms with Crippen LogP contribution in [0.25, 0.3) is 0 Å². The van der Waals surface area contributed by atoms with E-state index >= 15 is 0 Å². The molecule has 0 aliphatic carbocycles. The lowest BCUT2D eigenvalue weighted by Crippen LogP contribution is -2.53. The quantitative estimate of drug-likeness (QED) is 0.516. The second-order valence-electron chi connectivity index (χ2n) is 8.91. The van der Waals surface area contributed by atoms with Crippen LogP contribution in [0.5, 0.6) is 0 Å². The summed E-state index contributed by atoms with van der Waals surface area (Å²) in [5.41, 5.74) is 9.91. The fraction of sp³-hybridized carbons (Fsp3) is 0.346. The minimum atomic E-state index is -0.0257. The predicted octanol–water partition coefficient (Wildman–Crippen LogP) is 6.00. The van der Waals surface area contributed by atoms with E-state index in [0.29, 0.717) is 18.6 Å². The van der Waals surface area contributed by atoms with Crippen LogP contribution in [0.4, 0.5) is 0 Å². The first kappa shape index (κ1) is 21.0. The van der Waals surface area contributed by atoms with E-state index in [9.17, 15) is 0 Å². The van der Waals surface area contributed by atoms with Crippen molar-refractivity contribution in [1.82, 2.24) is 9.88 Å². The monoisotopic (exact) mass is 451 g/mol. The van der Waals surface area contributed by atoms with Gasteiger partial charge in [0.25, 0.3) is 0 Å². The van der Waals surface area contributed by atoms with Crippen molar-refractivity contribution in [1.29, 1.82) is 0 Å². The van der Waals surface area contributed by atoms with Gasteiger partial charge in [-0.1, -0.05) is 65.7 Å². The van der Waals surface area contributed by atoms with Crippen LogP contribution >= 0.6 is 23.2 Å². The number of aromatic nitrogens is 1. The maximum atomic E-state index is 6.74. The molecule has 1 aromatic heterocycles. The van der Waals surface area contributed by atoms with Crippen LogP contribution in [0, 0.1) is 0 Å². The molecule has 2 N–H and O–H groups in total. The van der Waals surface area contributed by atoms with E-state index < -0.39 is 0 Å². The number of hydrogen-bond acceptors (Lipinski definition) is 3. The highest BCUT2D eigenvalue weighted by molar-refractivity contribution is 6.32. The van der Waals surface area contributed by atoms with E-state index in [1.165, 1.54) is 5.56 Å². The van der Waals surface area contributed by atoms with Crippen LogP contribution in [-0.4, -0.2) is 28.5 Å². The van der Waals surface area contributed by atoms with Gasteiger partial charge in [-0.3, -0.25) is 9.88 Å². The van der Waals surface area contributed by atoms with E-state index in [1.807, 2.05) is 42.7 Å². The molecule has 3 aromatic rings. The molecule has 3 heterocycles. The highest BCUT2D eigenvalue weighted by Gasteiger charge is 2.51. The highest BCUT2D eigenvalue weighted by atomic mass is 35.5. The number of rotatable bonds is 5. The smallest absolute Gasteiger partial charge is 0.0636 e. The van der Waals surface area contributed by atoms with Gasteiger partial charge < -0.3 is 5.73 Å². The number of benzene rings is 2. The molecule has 2 aliphatic rings. The van der Waals surface area contributed by atoms with Gasteiger partial charge in [0, 0.05) is 46.5 Å². The zero-order chi connectivity index (χ0) is 21.4. The molecule has 31 heavy (non-hydrogen) atoms. The molecule has 1 unspecified atom stereocenters. The number of pyridine rings is 1. The Labute approximate surface area is 194 Å². The van der Waals surface area contributed by atoms with E-state index in [4.69, 9.17) is 28.9 Å². The van der Waals surface area contributed by atoms with Crippen molar-refractivity contribution in [3.63, 3.8) is 0 Å². The minimum absolute atomic E-state index is 0.0257. The van der Waals surface area contributed by atoms with Crippen molar-refractivity contribution >= 4 is 23.2 Å². The normalized spacial score (nSPS) is 25.8. The average Bonchev–Trinajstić information content (AvgIpc) is 3.06. The van der Waals surface area contributed by atoms with Crippen molar-refractivity contribution in [2.24, 2.45) is 5.73 Å². The number of hydrogen-bond donors (Lipinski definition) is 1. The van der Waals surface area contributed by atoms with Gasteiger partial charge in [0.05, 0.1) is 6.04 Å². The first-order valence-electron chi connectivity index (χ1n) is 11.0. The molecular weight excluding hydrogens is 425 g/mol. The third-order valence-corrected chi connectivity index (χ3v) is 7.98. The predicted molar refractivity (Wildman–Crippen MR) is 128 cm³/mol. The Morgan fingerprint density at radius 2 is 1.48 bits per heavy atom. The van der Waals surface area contributed by atoms with Gasteiger partial charge in [-0.15, -0.1) is 0 Å². The second-order valence-corrected chi connectivity index (χ2v) is 9.73. The average molecular weight is 452 g/mol. The largest absolute Gasteiger partial charge is 0.330 e. The van der Waals surface area contributed by atoms with E-state index in [2.05, 4.69) is 40.2 Å². The molecule has 3 nitrogen and oxygen atoms in total. The molecule has 0 spiro atoms. The third kappa shape index (κ3) is 3.68. The Hall–Kier alpha value is -1.91. The van der Waals surface area contributed by atoms with Gasteiger partial charge in [-0.2, -0.15) is 0 Å². The maximum absolute atomic E-state index is 6.74. The zero-order valence-electron chi connectivity index (χ0n) is 17.4. The highest BCUT2D eigenvalue weighted by Crippen LogP contribution is 2.52. The van der Waals surface area contributed by atoms with Gasteiger partial charge >= 0.3 is 0 Å². The number of halogens is 2. The fourth-order valence-corrected chi connectivity index (χ4v) is 6.36. The molecule has 0 saturated carbocycles. The summed E-state index contributed by atoms with van der Waals surface area (Å²) in [5, 5.41) is 1.57. The molecule has 2 aliphatic heterocycles. The van der Waals surface area contributed by atoms with Gasteiger partial charge in [-0.25, -0.2) is 0 Å². The molecule has 160 valence electrons. The van der Waals surface area contributed by atoms with E-state index in [-0.39, 0.29) is 11.5 Å². The minimum Gasteiger partial charge on any atom is -0.330 e. The molecule has 5 rings (SSSR count). The second kappa shape index (κ2) is 8.55. The number of nitrogens with two attached hydrogens (primary N) is 1. The number of fused-ring (bicyclic) bond motifs is 2. The summed E-state index contributed by atoms with van der Waals surface area (Å²) in [6.45, 7) is 0.641. The first-order chi connectivity index (χ1) is 15.1. The van der Waals surface area contributed by atoms with Crippen LogP contribution in [0.3, 0.4) is 0 Å². The summed E-state index contributed by atoms with van der Waals surface area (Å²) < 4.78 is 0.